The summed E-state index contributed by atoms with van der Waals surface area (Å²) in [7, 11) is 0. The van der Waals surface area contributed by atoms with E-state index in [1.165, 1.54) is 19.4 Å². The highest BCUT2D eigenvalue weighted by Crippen LogP contribution is 2.04. The van der Waals surface area contributed by atoms with E-state index in [0.717, 1.165) is 0 Å². The van der Waals surface area contributed by atoms with Gasteiger partial charge in [0, 0.05) is 24.7 Å². The molecule has 0 fully saturated rings. The van der Waals surface area contributed by atoms with E-state index in [-0.39, 0.29) is 19.3 Å². The van der Waals surface area contributed by atoms with Gasteiger partial charge in [0.15, 0.2) is 0 Å². The number of nitrogens with two attached hydrogens (primary N) is 3. The van der Waals surface area contributed by atoms with Crippen LogP contribution in [0.15, 0.2) is 12.5 Å². The van der Waals surface area contributed by atoms with Crippen LogP contribution in [-0.4, -0.2) is 74.7 Å². The smallest absolute Gasteiger partial charge is 0.326 e. The number of aliphatic carboxylic acids is 1. The number of nitrogens with one attached hydrogen (secondary N) is 4. The Morgan fingerprint density at radius 3 is 2.03 bits per heavy atom. The highest BCUT2D eigenvalue weighted by molar-refractivity contribution is 5.96. The maximum atomic E-state index is 12.8. The molecule has 0 aliphatic carbocycles. The standard InChI is InChI=1S/C18H28N8O7/c1-8(19)15(29)25-11(4-9-6-22-7-23-9)16(30)26-12(5-14(21)28)17(31)24-10(18(32)33)2-3-13(20)27/h6-8,10-12H,2-5,19H2,1H3,(H2,20,27)(H2,21,28)(H,22,23)(H,24,31)(H,25,29)(H,26,30)(H,32,33). The van der Waals surface area contributed by atoms with E-state index >= 15 is 0 Å². The third-order valence-corrected chi connectivity index (χ3v) is 4.36. The number of H-pyrrole nitrogens is 1. The number of carboxylic acid groups (broad SMARTS) is 1. The lowest BCUT2D eigenvalue weighted by atomic mass is 10.1. The molecule has 15 heteroatoms. The van der Waals surface area contributed by atoms with Gasteiger partial charge in [-0.25, -0.2) is 9.78 Å². The first-order valence-corrected chi connectivity index (χ1v) is 9.84. The van der Waals surface area contributed by atoms with Gasteiger partial charge in [0.2, 0.25) is 29.5 Å². The molecule has 1 aromatic heterocycles. The maximum Gasteiger partial charge on any atom is 0.326 e. The Morgan fingerprint density at radius 2 is 1.55 bits per heavy atom. The molecule has 4 unspecified atom stereocenters. The number of carbonyl (C=O) groups is 6. The van der Waals surface area contributed by atoms with Crippen molar-refractivity contribution in [1.29, 1.82) is 0 Å². The molecule has 5 amide bonds. The molecule has 0 saturated carbocycles. The summed E-state index contributed by atoms with van der Waals surface area (Å²) < 4.78 is 0. The van der Waals surface area contributed by atoms with Crippen LogP contribution >= 0.6 is 0 Å². The fourth-order valence-corrected chi connectivity index (χ4v) is 2.63. The summed E-state index contributed by atoms with van der Waals surface area (Å²) in [5, 5.41) is 16.1. The van der Waals surface area contributed by atoms with Gasteiger partial charge in [-0.2, -0.15) is 0 Å². The number of aromatic nitrogens is 2. The lowest BCUT2D eigenvalue weighted by Gasteiger charge is -2.24. The Kier molecular flexibility index (Phi) is 10.4. The molecule has 1 rings (SSSR count). The van der Waals surface area contributed by atoms with E-state index in [4.69, 9.17) is 17.2 Å². The molecule has 15 nitrogen and oxygen atoms in total. The van der Waals surface area contributed by atoms with E-state index in [1.54, 1.807) is 0 Å². The molecule has 0 aliphatic heterocycles. The van der Waals surface area contributed by atoms with Gasteiger partial charge in [-0.15, -0.1) is 0 Å². The second-order valence-corrected chi connectivity index (χ2v) is 7.27. The first kappa shape index (κ1) is 27.0. The third kappa shape index (κ3) is 9.77. The second kappa shape index (κ2) is 12.7. The molecule has 182 valence electrons. The minimum absolute atomic E-state index is 0.0500. The summed E-state index contributed by atoms with van der Waals surface area (Å²) >= 11 is 0. The van der Waals surface area contributed by atoms with Crippen molar-refractivity contribution in [2.24, 2.45) is 17.2 Å². The first-order chi connectivity index (χ1) is 15.4. The minimum Gasteiger partial charge on any atom is -0.480 e. The predicted molar refractivity (Wildman–Crippen MR) is 112 cm³/mol. The zero-order chi connectivity index (χ0) is 25.1. The number of aromatic amines is 1. The van der Waals surface area contributed by atoms with Crippen LogP contribution in [0.2, 0.25) is 0 Å². The Bertz CT molecular complexity index is 871. The molecule has 4 atom stereocenters. The van der Waals surface area contributed by atoms with Crippen LogP contribution in [0.1, 0.15) is 31.9 Å². The van der Waals surface area contributed by atoms with Gasteiger partial charge in [-0.3, -0.25) is 24.0 Å². The summed E-state index contributed by atoms with van der Waals surface area (Å²) in [5.74, 6) is -5.71. The van der Waals surface area contributed by atoms with E-state index in [1.807, 2.05) is 0 Å². The van der Waals surface area contributed by atoms with Crippen molar-refractivity contribution < 1.29 is 33.9 Å². The second-order valence-electron chi connectivity index (χ2n) is 7.27. The zero-order valence-electron chi connectivity index (χ0n) is 17.9. The number of hydrogen-bond donors (Lipinski definition) is 8. The van der Waals surface area contributed by atoms with Crippen molar-refractivity contribution in [3.63, 3.8) is 0 Å². The van der Waals surface area contributed by atoms with Gasteiger partial charge in [0.1, 0.15) is 18.1 Å². The van der Waals surface area contributed by atoms with Crippen molar-refractivity contribution >= 4 is 35.5 Å². The van der Waals surface area contributed by atoms with E-state index < -0.39 is 66.1 Å². The number of hydrogen-bond acceptors (Lipinski definition) is 8. The predicted octanol–water partition coefficient (Wildman–Crippen LogP) is -4.02. The number of carbonyl (C=O) groups excluding carboxylic acids is 5. The van der Waals surface area contributed by atoms with Crippen LogP contribution in [0.5, 0.6) is 0 Å². The van der Waals surface area contributed by atoms with E-state index in [0.29, 0.717) is 5.69 Å². The minimum atomic E-state index is -1.55. The van der Waals surface area contributed by atoms with E-state index in [9.17, 15) is 33.9 Å². The topological polar surface area (TPSA) is 265 Å². The molecule has 1 aromatic rings. The van der Waals surface area contributed by atoms with Gasteiger partial charge in [-0.05, 0) is 13.3 Å². The number of nitrogens with zero attached hydrogens (tertiary/aromatic N) is 1. The fraction of sp³-hybridized carbons (Fsp3) is 0.500. The van der Waals surface area contributed by atoms with Gasteiger partial charge >= 0.3 is 5.97 Å². The molecule has 0 aromatic carbocycles. The van der Waals surface area contributed by atoms with Crippen molar-refractivity contribution in [1.82, 2.24) is 25.9 Å². The number of primary amides is 2. The quantitative estimate of drug-likeness (QED) is 0.132. The highest BCUT2D eigenvalue weighted by Gasteiger charge is 2.31. The summed E-state index contributed by atoms with van der Waals surface area (Å²) in [6, 6.07) is -5.21. The molecule has 0 aliphatic rings. The SMILES string of the molecule is CC(N)C(=O)NC(Cc1cnc[nH]1)C(=O)NC(CC(N)=O)C(=O)NC(CCC(N)=O)C(=O)O. The van der Waals surface area contributed by atoms with Crippen LogP contribution in [0.25, 0.3) is 0 Å². The Morgan fingerprint density at radius 1 is 0.970 bits per heavy atom. The first-order valence-electron chi connectivity index (χ1n) is 9.84. The van der Waals surface area contributed by atoms with Gasteiger partial charge in [0.25, 0.3) is 0 Å². The zero-order valence-corrected chi connectivity index (χ0v) is 17.9. The lowest BCUT2D eigenvalue weighted by Crippen LogP contribution is -2.58. The molecule has 33 heavy (non-hydrogen) atoms. The van der Waals surface area contributed by atoms with Crippen molar-refractivity contribution in [2.45, 2.75) is 56.8 Å². The Hall–Kier alpha value is -4.01. The normalized spacial score (nSPS) is 14.2. The fourth-order valence-electron chi connectivity index (χ4n) is 2.63. The van der Waals surface area contributed by atoms with Crippen LogP contribution < -0.4 is 33.2 Å². The van der Waals surface area contributed by atoms with Crippen LogP contribution in [0.3, 0.4) is 0 Å². The average Bonchev–Trinajstić information content (AvgIpc) is 3.22. The molecule has 0 spiro atoms. The van der Waals surface area contributed by atoms with Crippen molar-refractivity contribution in [3.05, 3.63) is 18.2 Å². The van der Waals surface area contributed by atoms with Crippen LogP contribution in [-0.2, 0) is 35.2 Å². The Balaban J connectivity index is 3.01. The summed E-state index contributed by atoms with van der Waals surface area (Å²) in [6.45, 7) is 1.40. The molecule has 0 bridgehead atoms. The summed E-state index contributed by atoms with van der Waals surface area (Å²) in [6.07, 6.45) is 1.45. The van der Waals surface area contributed by atoms with Crippen molar-refractivity contribution in [2.75, 3.05) is 0 Å². The Labute approximate surface area is 188 Å². The number of rotatable bonds is 14. The highest BCUT2D eigenvalue weighted by atomic mass is 16.4. The molecule has 1 heterocycles. The summed E-state index contributed by atoms with van der Waals surface area (Å²) in [5.41, 5.74) is 16.2. The molecular formula is C18H28N8O7. The molecule has 11 N–H and O–H groups in total. The van der Waals surface area contributed by atoms with E-state index in [2.05, 4.69) is 25.9 Å². The van der Waals surface area contributed by atoms with Gasteiger partial charge in [0.05, 0.1) is 18.8 Å². The average molecular weight is 468 g/mol. The maximum absolute atomic E-state index is 12.8. The number of carboxylic acids is 1. The number of amides is 5. The third-order valence-electron chi connectivity index (χ3n) is 4.36. The largest absolute Gasteiger partial charge is 0.480 e. The molecular weight excluding hydrogens is 440 g/mol. The lowest BCUT2D eigenvalue weighted by molar-refractivity contribution is -0.142. The summed E-state index contributed by atoms with van der Waals surface area (Å²) in [4.78, 5) is 77.8. The molecule has 0 saturated heterocycles. The molecule has 0 radical (unpaired) electrons. The monoisotopic (exact) mass is 468 g/mol. The number of imidazole rings is 1. The van der Waals surface area contributed by atoms with Crippen LogP contribution in [0.4, 0.5) is 0 Å². The van der Waals surface area contributed by atoms with Crippen molar-refractivity contribution in [3.8, 4) is 0 Å². The van der Waals surface area contributed by atoms with Gasteiger partial charge < -0.3 is 43.2 Å². The van der Waals surface area contributed by atoms with Crippen LogP contribution in [0, 0.1) is 0 Å². The van der Waals surface area contributed by atoms with Gasteiger partial charge in [-0.1, -0.05) is 0 Å².